The molecule has 0 aliphatic heterocycles. The van der Waals surface area contributed by atoms with Gasteiger partial charge in [-0.2, -0.15) is 0 Å². The van der Waals surface area contributed by atoms with Crippen LogP contribution in [0.5, 0.6) is 0 Å². The molecule has 0 radical (unpaired) electrons. The van der Waals surface area contributed by atoms with Crippen molar-refractivity contribution in [2.24, 2.45) is 0 Å². The molecule has 1 saturated carbocycles. The first kappa shape index (κ1) is 15.0. The summed E-state index contributed by atoms with van der Waals surface area (Å²) in [6, 6.07) is 10.4. The Hall–Kier alpha value is -2.96. The molecular weight excluding hydrogens is 296 g/mol. The molecule has 3 rings (SSSR count). The number of anilines is 2. The van der Waals surface area contributed by atoms with Crippen molar-refractivity contribution < 1.29 is 14.3 Å². The van der Waals surface area contributed by atoms with E-state index in [1.807, 2.05) is 0 Å². The maximum Gasteiger partial charge on any atom is 0.339 e. The maximum atomic E-state index is 12.2. The van der Waals surface area contributed by atoms with E-state index in [-0.39, 0.29) is 11.3 Å². The molecule has 2 N–H and O–H groups in total. The normalized spacial score (nSPS) is 13.3. The van der Waals surface area contributed by atoms with Crippen LogP contribution >= 0.6 is 0 Å². The number of nitrogens with zero attached hydrogens (tertiary/aromatic N) is 2. The minimum atomic E-state index is -0.518. The third-order valence-corrected chi connectivity index (χ3v) is 3.41. The molecule has 7 heteroatoms. The number of benzene rings is 1. The fraction of sp³-hybridized carbons (Fsp3) is 0.250. The Bertz CT molecular complexity index is 726. The van der Waals surface area contributed by atoms with E-state index >= 15 is 0 Å². The first-order chi connectivity index (χ1) is 11.2. The molecule has 0 spiro atoms. The van der Waals surface area contributed by atoms with Crippen LogP contribution in [-0.2, 0) is 4.74 Å². The Balaban J connectivity index is 1.72. The lowest BCUT2D eigenvalue weighted by Crippen LogP contribution is -2.17. The van der Waals surface area contributed by atoms with Crippen LogP contribution in [0.1, 0.15) is 33.7 Å². The number of carbonyl (C=O) groups is 2. The van der Waals surface area contributed by atoms with Gasteiger partial charge in [-0.05, 0) is 37.1 Å². The van der Waals surface area contributed by atoms with Gasteiger partial charge in [0.2, 0.25) is 0 Å². The zero-order valence-corrected chi connectivity index (χ0v) is 12.6. The number of esters is 1. The van der Waals surface area contributed by atoms with Gasteiger partial charge in [-0.15, -0.1) is 10.2 Å². The van der Waals surface area contributed by atoms with Gasteiger partial charge in [0.25, 0.3) is 5.91 Å². The summed E-state index contributed by atoms with van der Waals surface area (Å²) in [5.41, 5.74) is 0.820. The summed E-state index contributed by atoms with van der Waals surface area (Å²) in [7, 11) is 1.29. The van der Waals surface area contributed by atoms with Crippen LogP contribution in [0.3, 0.4) is 0 Å². The van der Waals surface area contributed by atoms with Crippen LogP contribution in [0.2, 0.25) is 0 Å². The van der Waals surface area contributed by atoms with E-state index in [9.17, 15) is 9.59 Å². The summed E-state index contributed by atoms with van der Waals surface area (Å²) in [6.45, 7) is 0. The highest BCUT2D eigenvalue weighted by Gasteiger charge is 2.21. The first-order valence-corrected chi connectivity index (χ1v) is 7.26. The van der Waals surface area contributed by atoms with Crippen molar-refractivity contribution in [3.63, 3.8) is 0 Å². The summed E-state index contributed by atoms with van der Waals surface area (Å²) < 4.78 is 4.70. The van der Waals surface area contributed by atoms with Crippen LogP contribution in [0.4, 0.5) is 11.5 Å². The van der Waals surface area contributed by atoms with Crippen molar-refractivity contribution in [2.45, 2.75) is 18.9 Å². The molecule has 1 aromatic carbocycles. The van der Waals surface area contributed by atoms with Gasteiger partial charge in [-0.3, -0.25) is 4.79 Å². The molecule has 7 nitrogen and oxygen atoms in total. The van der Waals surface area contributed by atoms with Gasteiger partial charge >= 0.3 is 5.97 Å². The molecule has 2 aromatic rings. The van der Waals surface area contributed by atoms with Crippen LogP contribution in [0, 0.1) is 0 Å². The molecule has 1 aliphatic carbocycles. The molecule has 0 bridgehead atoms. The number of hydrogen-bond donors (Lipinski definition) is 2. The molecule has 1 heterocycles. The van der Waals surface area contributed by atoms with E-state index in [1.165, 1.54) is 7.11 Å². The molecule has 1 aliphatic rings. The zero-order chi connectivity index (χ0) is 16.2. The van der Waals surface area contributed by atoms with Gasteiger partial charge in [-0.1, -0.05) is 12.1 Å². The standard InChI is InChI=1S/C16H16N4O3/c1-23-16(22)11-4-2-3-5-12(11)18-15(21)13-8-9-14(20-19-13)17-10-6-7-10/h2-5,8-10H,6-7H2,1H3,(H,17,20)(H,18,21). The highest BCUT2D eigenvalue weighted by molar-refractivity contribution is 6.07. The summed E-state index contributed by atoms with van der Waals surface area (Å²) in [4.78, 5) is 23.9. The summed E-state index contributed by atoms with van der Waals surface area (Å²) in [6.07, 6.45) is 2.27. The van der Waals surface area contributed by atoms with E-state index in [2.05, 4.69) is 20.8 Å². The highest BCUT2D eigenvalue weighted by Crippen LogP contribution is 2.23. The van der Waals surface area contributed by atoms with Crippen molar-refractivity contribution in [3.8, 4) is 0 Å². The predicted octanol–water partition coefficient (Wildman–Crippen LogP) is 2.09. The number of amides is 1. The lowest BCUT2D eigenvalue weighted by Gasteiger charge is -2.09. The van der Waals surface area contributed by atoms with Crippen molar-refractivity contribution in [1.82, 2.24) is 10.2 Å². The second-order valence-electron chi connectivity index (χ2n) is 5.21. The van der Waals surface area contributed by atoms with Crippen LogP contribution in [-0.4, -0.2) is 35.2 Å². The third-order valence-electron chi connectivity index (χ3n) is 3.41. The first-order valence-electron chi connectivity index (χ1n) is 7.26. The van der Waals surface area contributed by atoms with Gasteiger partial charge in [0.05, 0.1) is 18.4 Å². The molecule has 1 aromatic heterocycles. The summed E-state index contributed by atoms with van der Waals surface area (Å²) in [5.74, 6) is -0.304. The molecule has 0 atom stereocenters. The summed E-state index contributed by atoms with van der Waals surface area (Å²) >= 11 is 0. The van der Waals surface area contributed by atoms with Gasteiger partial charge in [0.15, 0.2) is 5.69 Å². The van der Waals surface area contributed by atoms with Crippen LogP contribution in [0.15, 0.2) is 36.4 Å². The molecule has 0 saturated heterocycles. The number of methoxy groups -OCH3 is 1. The van der Waals surface area contributed by atoms with Gasteiger partial charge in [0, 0.05) is 6.04 Å². The Morgan fingerprint density at radius 3 is 2.57 bits per heavy atom. The number of aromatic nitrogens is 2. The Kier molecular flexibility index (Phi) is 4.18. The number of nitrogens with one attached hydrogen (secondary N) is 2. The zero-order valence-electron chi connectivity index (χ0n) is 12.6. The minimum absolute atomic E-state index is 0.172. The number of carbonyl (C=O) groups excluding carboxylic acids is 2. The Morgan fingerprint density at radius 1 is 1.13 bits per heavy atom. The van der Waals surface area contributed by atoms with Gasteiger partial charge < -0.3 is 15.4 Å². The minimum Gasteiger partial charge on any atom is -0.465 e. The van der Waals surface area contributed by atoms with E-state index in [1.54, 1.807) is 36.4 Å². The monoisotopic (exact) mass is 312 g/mol. The fourth-order valence-corrected chi connectivity index (χ4v) is 2.03. The second-order valence-corrected chi connectivity index (χ2v) is 5.21. The quantitative estimate of drug-likeness (QED) is 0.821. The molecule has 1 fully saturated rings. The van der Waals surface area contributed by atoms with Crippen molar-refractivity contribution in [3.05, 3.63) is 47.7 Å². The van der Waals surface area contributed by atoms with Gasteiger partial charge in [0.1, 0.15) is 5.82 Å². The molecule has 118 valence electrons. The second kappa shape index (κ2) is 6.43. The third kappa shape index (κ3) is 3.63. The largest absolute Gasteiger partial charge is 0.465 e. The SMILES string of the molecule is COC(=O)c1ccccc1NC(=O)c1ccc(NC2CC2)nn1. The van der Waals surface area contributed by atoms with Crippen molar-refractivity contribution >= 4 is 23.4 Å². The van der Waals surface area contributed by atoms with Crippen molar-refractivity contribution in [1.29, 1.82) is 0 Å². The maximum absolute atomic E-state index is 12.2. The number of para-hydroxylation sites is 1. The summed E-state index contributed by atoms with van der Waals surface area (Å²) in [5, 5.41) is 13.7. The Labute approximate surface area is 133 Å². The average Bonchev–Trinajstić information content (AvgIpc) is 3.39. The molecule has 0 unspecified atom stereocenters. The topological polar surface area (TPSA) is 93.2 Å². The van der Waals surface area contributed by atoms with E-state index in [4.69, 9.17) is 4.74 Å². The molecule has 23 heavy (non-hydrogen) atoms. The van der Waals surface area contributed by atoms with E-state index in [0.717, 1.165) is 12.8 Å². The van der Waals surface area contributed by atoms with E-state index < -0.39 is 11.9 Å². The number of ether oxygens (including phenoxy) is 1. The molecular formula is C16H16N4O3. The fourth-order valence-electron chi connectivity index (χ4n) is 2.03. The Morgan fingerprint density at radius 2 is 1.91 bits per heavy atom. The smallest absolute Gasteiger partial charge is 0.339 e. The lowest BCUT2D eigenvalue weighted by atomic mass is 10.1. The predicted molar refractivity (Wildman–Crippen MR) is 84.4 cm³/mol. The highest BCUT2D eigenvalue weighted by atomic mass is 16.5. The van der Waals surface area contributed by atoms with Gasteiger partial charge in [-0.25, -0.2) is 4.79 Å². The van der Waals surface area contributed by atoms with Crippen LogP contribution < -0.4 is 10.6 Å². The van der Waals surface area contributed by atoms with E-state index in [0.29, 0.717) is 17.5 Å². The van der Waals surface area contributed by atoms with Crippen molar-refractivity contribution in [2.75, 3.05) is 17.7 Å². The molecule has 1 amide bonds. The average molecular weight is 312 g/mol. The van der Waals surface area contributed by atoms with Crippen LogP contribution in [0.25, 0.3) is 0 Å². The number of rotatable bonds is 5. The lowest BCUT2D eigenvalue weighted by molar-refractivity contribution is 0.0602. The number of hydrogen-bond acceptors (Lipinski definition) is 6.